The third-order valence-corrected chi connectivity index (χ3v) is 2.89. The first-order valence-corrected chi connectivity index (χ1v) is 5.89. The molecule has 3 heteroatoms. The molecule has 0 aliphatic carbocycles. The van der Waals surface area contributed by atoms with Crippen LogP contribution in [0, 0.1) is 5.92 Å². The summed E-state index contributed by atoms with van der Waals surface area (Å²) in [5.74, 6) is 0.754. The van der Waals surface area contributed by atoms with Crippen LogP contribution in [0.3, 0.4) is 0 Å². The first-order chi connectivity index (χ1) is 7.17. The van der Waals surface area contributed by atoms with Gasteiger partial charge in [-0.1, -0.05) is 27.2 Å². The maximum absolute atomic E-state index is 4.42. The van der Waals surface area contributed by atoms with Crippen LogP contribution in [0.2, 0.25) is 0 Å². The number of aryl methyl sites for hydroxylation is 2. The Morgan fingerprint density at radius 2 is 2.20 bits per heavy atom. The van der Waals surface area contributed by atoms with E-state index in [4.69, 9.17) is 0 Å². The molecule has 86 valence electrons. The maximum atomic E-state index is 4.42. The molecule has 3 nitrogen and oxygen atoms in total. The summed E-state index contributed by atoms with van der Waals surface area (Å²) in [4.78, 5) is 0. The molecular weight excluding hydrogens is 186 g/mol. The molecule has 0 saturated carbocycles. The molecule has 0 spiro atoms. The molecule has 1 unspecified atom stereocenters. The van der Waals surface area contributed by atoms with Crippen LogP contribution < -0.4 is 5.32 Å². The highest BCUT2D eigenvalue weighted by Crippen LogP contribution is 2.04. The third-order valence-electron chi connectivity index (χ3n) is 2.89. The fraction of sp³-hybridized carbons (Fsp3) is 0.750. The van der Waals surface area contributed by atoms with Crippen LogP contribution in [-0.4, -0.2) is 16.3 Å². The molecule has 0 fully saturated rings. The number of hydrogen-bond acceptors (Lipinski definition) is 2. The lowest BCUT2D eigenvalue weighted by Gasteiger charge is -2.09. The van der Waals surface area contributed by atoms with Crippen molar-refractivity contribution in [1.29, 1.82) is 0 Å². The van der Waals surface area contributed by atoms with E-state index in [2.05, 4.69) is 37.3 Å². The van der Waals surface area contributed by atoms with Crippen LogP contribution in [0.1, 0.15) is 38.6 Å². The van der Waals surface area contributed by atoms with E-state index in [1.54, 1.807) is 0 Å². The number of aromatic nitrogens is 2. The zero-order chi connectivity index (χ0) is 11.3. The predicted octanol–water partition coefficient (Wildman–Crippen LogP) is 2.12. The summed E-state index contributed by atoms with van der Waals surface area (Å²) >= 11 is 0. The summed E-state index contributed by atoms with van der Waals surface area (Å²) in [6, 6.07) is 2.18. The van der Waals surface area contributed by atoms with Crippen LogP contribution in [-0.2, 0) is 20.0 Å². The fourth-order valence-electron chi connectivity index (χ4n) is 1.50. The summed E-state index contributed by atoms with van der Waals surface area (Å²) < 4.78 is 1.97. The second-order valence-corrected chi connectivity index (χ2v) is 4.25. The van der Waals surface area contributed by atoms with Crippen LogP contribution >= 0.6 is 0 Å². The van der Waals surface area contributed by atoms with Gasteiger partial charge in [0, 0.05) is 13.6 Å². The van der Waals surface area contributed by atoms with E-state index >= 15 is 0 Å². The lowest BCUT2D eigenvalue weighted by atomic mass is 10.1. The Morgan fingerprint density at radius 3 is 2.73 bits per heavy atom. The van der Waals surface area contributed by atoms with E-state index in [1.165, 1.54) is 17.8 Å². The highest BCUT2D eigenvalue weighted by Gasteiger charge is 2.04. The van der Waals surface area contributed by atoms with E-state index in [0.717, 1.165) is 25.4 Å². The molecule has 0 radical (unpaired) electrons. The fourth-order valence-corrected chi connectivity index (χ4v) is 1.50. The zero-order valence-corrected chi connectivity index (χ0v) is 10.4. The number of rotatable bonds is 6. The molecule has 0 aliphatic rings. The normalized spacial score (nSPS) is 13.1. The zero-order valence-electron chi connectivity index (χ0n) is 10.4. The summed E-state index contributed by atoms with van der Waals surface area (Å²) in [5, 5.41) is 7.89. The Balaban J connectivity index is 2.40. The van der Waals surface area contributed by atoms with Gasteiger partial charge in [0.2, 0.25) is 0 Å². The van der Waals surface area contributed by atoms with Gasteiger partial charge in [0.05, 0.1) is 11.4 Å². The molecule has 1 rings (SSSR count). The van der Waals surface area contributed by atoms with Crippen molar-refractivity contribution in [3.8, 4) is 0 Å². The lowest BCUT2D eigenvalue weighted by molar-refractivity contribution is 0.491. The second kappa shape index (κ2) is 5.91. The van der Waals surface area contributed by atoms with Crippen LogP contribution in [0.15, 0.2) is 6.07 Å². The SMILES string of the molecule is CCc1cc(CNCC(C)CC)n(C)n1. The van der Waals surface area contributed by atoms with E-state index in [9.17, 15) is 0 Å². The van der Waals surface area contributed by atoms with Gasteiger partial charge < -0.3 is 5.32 Å². The minimum Gasteiger partial charge on any atom is -0.311 e. The van der Waals surface area contributed by atoms with E-state index in [1.807, 2.05) is 11.7 Å². The van der Waals surface area contributed by atoms with Crippen LogP contribution in [0.4, 0.5) is 0 Å². The van der Waals surface area contributed by atoms with Crippen molar-refractivity contribution in [3.05, 3.63) is 17.5 Å². The minimum atomic E-state index is 0.754. The van der Waals surface area contributed by atoms with E-state index in [-0.39, 0.29) is 0 Å². The molecular formula is C12H23N3. The van der Waals surface area contributed by atoms with Crippen molar-refractivity contribution >= 4 is 0 Å². The van der Waals surface area contributed by atoms with E-state index in [0.29, 0.717) is 0 Å². The molecule has 0 saturated heterocycles. The molecule has 0 aromatic carbocycles. The molecule has 1 aromatic heterocycles. The average molecular weight is 209 g/mol. The van der Waals surface area contributed by atoms with Crippen molar-refractivity contribution in [2.75, 3.05) is 6.54 Å². The van der Waals surface area contributed by atoms with Crippen molar-refractivity contribution < 1.29 is 0 Å². The molecule has 1 aromatic rings. The standard InChI is InChI=1S/C12H23N3/c1-5-10(3)8-13-9-12-7-11(6-2)14-15(12)4/h7,10,13H,5-6,8-9H2,1-4H3. The van der Waals surface area contributed by atoms with Crippen molar-refractivity contribution in [1.82, 2.24) is 15.1 Å². The van der Waals surface area contributed by atoms with Gasteiger partial charge in [-0.15, -0.1) is 0 Å². The highest BCUT2D eigenvalue weighted by molar-refractivity contribution is 5.09. The lowest BCUT2D eigenvalue weighted by Crippen LogP contribution is -2.21. The molecule has 0 amide bonds. The summed E-state index contributed by atoms with van der Waals surface area (Å²) in [7, 11) is 2.01. The topological polar surface area (TPSA) is 29.9 Å². The largest absolute Gasteiger partial charge is 0.311 e. The summed E-state index contributed by atoms with van der Waals surface area (Å²) in [6.45, 7) is 8.65. The minimum absolute atomic E-state index is 0.754. The van der Waals surface area contributed by atoms with Crippen LogP contribution in [0.25, 0.3) is 0 Å². The van der Waals surface area contributed by atoms with Gasteiger partial charge in [0.15, 0.2) is 0 Å². The van der Waals surface area contributed by atoms with Crippen molar-refractivity contribution in [2.24, 2.45) is 13.0 Å². The van der Waals surface area contributed by atoms with Crippen molar-refractivity contribution in [3.63, 3.8) is 0 Å². The second-order valence-electron chi connectivity index (χ2n) is 4.25. The number of hydrogen-bond donors (Lipinski definition) is 1. The molecule has 0 aliphatic heterocycles. The first kappa shape index (κ1) is 12.2. The van der Waals surface area contributed by atoms with Crippen LogP contribution in [0.5, 0.6) is 0 Å². The van der Waals surface area contributed by atoms with Gasteiger partial charge >= 0.3 is 0 Å². The number of nitrogens with one attached hydrogen (secondary N) is 1. The van der Waals surface area contributed by atoms with Gasteiger partial charge in [-0.2, -0.15) is 5.10 Å². The maximum Gasteiger partial charge on any atom is 0.0625 e. The Bertz CT molecular complexity index is 291. The van der Waals surface area contributed by atoms with Gasteiger partial charge in [-0.05, 0) is 24.9 Å². The Kier molecular flexibility index (Phi) is 4.82. The Hall–Kier alpha value is -0.830. The molecule has 0 bridgehead atoms. The average Bonchev–Trinajstić information content (AvgIpc) is 2.59. The highest BCUT2D eigenvalue weighted by atomic mass is 15.3. The number of nitrogens with zero attached hydrogens (tertiary/aromatic N) is 2. The van der Waals surface area contributed by atoms with E-state index < -0.39 is 0 Å². The van der Waals surface area contributed by atoms with Gasteiger partial charge in [-0.3, -0.25) is 4.68 Å². The summed E-state index contributed by atoms with van der Waals surface area (Å²) in [6.07, 6.45) is 2.25. The van der Waals surface area contributed by atoms with Crippen molar-refractivity contribution in [2.45, 2.75) is 40.2 Å². The predicted molar refractivity (Wildman–Crippen MR) is 63.7 cm³/mol. The van der Waals surface area contributed by atoms with Gasteiger partial charge in [-0.25, -0.2) is 0 Å². The molecule has 1 heterocycles. The smallest absolute Gasteiger partial charge is 0.0625 e. The molecule has 15 heavy (non-hydrogen) atoms. The Morgan fingerprint density at radius 1 is 1.47 bits per heavy atom. The summed E-state index contributed by atoms with van der Waals surface area (Å²) in [5.41, 5.74) is 2.45. The monoisotopic (exact) mass is 209 g/mol. The first-order valence-electron chi connectivity index (χ1n) is 5.89. The molecule has 1 atom stereocenters. The molecule has 1 N–H and O–H groups in total. The quantitative estimate of drug-likeness (QED) is 0.777. The third kappa shape index (κ3) is 3.67. The van der Waals surface area contributed by atoms with Gasteiger partial charge in [0.1, 0.15) is 0 Å². The Labute approximate surface area is 92.9 Å². The van der Waals surface area contributed by atoms with Gasteiger partial charge in [0.25, 0.3) is 0 Å².